The molecule has 2 aromatic rings. The Morgan fingerprint density at radius 1 is 1.25 bits per heavy atom. The Balaban J connectivity index is 1.95. The smallest absolute Gasteiger partial charge is 0.227 e. The molecular weight excluding hydrogens is 257 g/mol. The van der Waals surface area contributed by atoms with Gasteiger partial charge in [0.05, 0.1) is 12.2 Å². The monoisotopic (exact) mass is 271 g/mol. The number of aryl methyl sites for hydroxylation is 1. The van der Waals surface area contributed by atoms with E-state index in [9.17, 15) is 9.18 Å². The molecule has 0 fully saturated rings. The number of carbonyl (C=O) groups is 1. The number of benzene rings is 1. The van der Waals surface area contributed by atoms with E-state index in [1.54, 1.807) is 29.3 Å². The average molecular weight is 271 g/mol. The third kappa shape index (κ3) is 2.34. The quantitative estimate of drug-likeness (QED) is 0.911. The van der Waals surface area contributed by atoms with Crippen molar-refractivity contribution in [3.63, 3.8) is 0 Å². The molecule has 0 atom stereocenters. The van der Waals surface area contributed by atoms with Crippen molar-refractivity contribution in [3.8, 4) is 0 Å². The number of hydrogen-bond acceptors (Lipinski definition) is 3. The standard InChI is InChI=1S/C15H14FN3O/c16-11-2-3-14-10(7-11)1-4-15(20)19(14)9-13-8-12(17)5-6-18-13/h2-3,5-8H,1,4,9H2,(H2,17,18). The van der Waals surface area contributed by atoms with Crippen molar-refractivity contribution in [1.29, 1.82) is 0 Å². The second-order valence-corrected chi connectivity index (χ2v) is 4.83. The normalized spacial score (nSPS) is 14.2. The first-order chi connectivity index (χ1) is 9.63. The minimum absolute atomic E-state index is 0.0216. The zero-order valence-electron chi connectivity index (χ0n) is 10.8. The Morgan fingerprint density at radius 3 is 2.90 bits per heavy atom. The molecule has 1 aliphatic rings. The molecule has 0 saturated carbocycles. The van der Waals surface area contributed by atoms with Gasteiger partial charge in [0, 0.05) is 24.0 Å². The molecule has 20 heavy (non-hydrogen) atoms. The van der Waals surface area contributed by atoms with Crippen molar-refractivity contribution in [2.24, 2.45) is 0 Å². The van der Waals surface area contributed by atoms with Crippen LogP contribution in [-0.4, -0.2) is 10.9 Å². The maximum atomic E-state index is 13.3. The van der Waals surface area contributed by atoms with Gasteiger partial charge in [0.2, 0.25) is 5.91 Å². The molecule has 2 heterocycles. The van der Waals surface area contributed by atoms with Crippen LogP contribution >= 0.6 is 0 Å². The van der Waals surface area contributed by atoms with Gasteiger partial charge < -0.3 is 10.6 Å². The van der Waals surface area contributed by atoms with Gasteiger partial charge in [-0.2, -0.15) is 0 Å². The summed E-state index contributed by atoms with van der Waals surface area (Å²) in [4.78, 5) is 18.0. The molecule has 2 N–H and O–H groups in total. The highest BCUT2D eigenvalue weighted by Crippen LogP contribution is 2.29. The number of anilines is 2. The van der Waals surface area contributed by atoms with Gasteiger partial charge in [-0.3, -0.25) is 9.78 Å². The Hall–Kier alpha value is -2.43. The first-order valence-electron chi connectivity index (χ1n) is 6.43. The summed E-state index contributed by atoms with van der Waals surface area (Å²) in [6.45, 7) is 0.350. The Labute approximate surface area is 116 Å². The number of halogens is 1. The lowest BCUT2D eigenvalue weighted by Crippen LogP contribution is -2.34. The predicted octanol–water partition coefficient (Wildman–Crippen LogP) is 2.28. The molecule has 1 aliphatic heterocycles. The summed E-state index contributed by atoms with van der Waals surface area (Å²) >= 11 is 0. The van der Waals surface area contributed by atoms with Gasteiger partial charge in [0.15, 0.2) is 0 Å². The molecule has 1 amide bonds. The second-order valence-electron chi connectivity index (χ2n) is 4.83. The summed E-state index contributed by atoms with van der Waals surface area (Å²) < 4.78 is 13.3. The number of carbonyl (C=O) groups excluding carboxylic acids is 1. The van der Waals surface area contributed by atoms with Crippen LogP contribution in [0.2, 0.25) is 0 Å². The maximum Gasteiger partial charge on any atom is 0.227 e. The lowest BCUT2D eigenvalue weighted by Gasteiger charge is -2.29. The number of amides is 1. The van der Waals surface area contributed by atoms with Crippen LogP contribution in [0.4, 0.5) is 15.8 Å². The fraction of sp³-hybridized carbons (Fsp3) is 0.200. The van der Waals surface area contributed by atoms with E-state index in [1.165, 1.54) is 12.1 Å². The van der Waals surface area contributed by atoms with E-state index >= 15 is 0 Å². The number of rotatable bonds is 2. The summed E-state index contributed by atoms with van der Waals surface area (Å²) in [6, 6.07) is 7.95. The number of fused-ring (bicyclic) bond motifs is 1. The first kappa shape index (κ1) is 12.6. The van der Waals surface area contributed by atoms with Crippen molar-refractivity contribution < 1.29 is 9.18 Å². The Bertz CT molecular complexity index is 672. The van der Waals surface area contributed by atoms with Crippen LogP contribution in [0.1, 0.15) is 17.7 Å². The third-order valence-electron chi connectivity index (χ3n) is 3.40. The molecule has 0 saturated heterocycles. The molecule has 5 heteroatoms. The molecule has 102 valence electrons. The Morgan fingerprint density at radius 2 is 2.10 bits per heavy atom. The minimum Gasteiger partial charge on any atom is -0.399 e. The fourth-order valence-electron chi connectivity index (χ4n) is 2.45. The highest BCUT2D eigenvalue weighted by atomic mass is 19.1. The van der Waals surface area contributed by atoms with Gasteiger partial charge in [-0.1, -0.05) is 0 Å². The number of nitrogens with two attached hydrogens (primary N) is 1. The largest absolute Gasteiger partial charge is 0.399 e. The zero-order valence-corrected chi connectivity index (χ0v) is 10.8. The molecule has 0 radical (unpaired) electrons. The van der Waals surface area contributed by atoms with Gasteiger partial charge >= 0.3 is 0 Å². The average Bonchev–Trinajstić information content (AvgIpc) is 2.42. The van der Waals surface area contributed by atoms with E-state index < -0.39 is 0 Å². The maximum absolute atomic E-state index is 13.3. The predicted molar refractivity (Wildman–Crippen MR) is 74.6 cm³/mol. The molecule has 1 aromatic heterocycles. The number of hydrogen-bond donors (Lipinski definition) is 1. The van der Waals surface area contributed by atoms with Gasteiger partial charge in [-0.05, 0) is 42.3 Å². The number of aromatic nitrogens is 1. The lowest BCUT2D eigenvalue weighted by atomic mass is 10.0. The van der Waals surface area contributed by atoms with Crippen LogP contribution in [0, 0.1) is 5.82 Å². The van der Waals surface area contributed by atoms with Gasteiger partial charge in [0.1, 0.15) is 5.82 Å². The van der Waals surface area contributed by atoms with Crippen LogP contribution < -0.4 is 10.6 Å². The van der Waals surface area contributed by atoms with Crippen LogP contribution in [0.25, 0.3) is 0 Å². The second kappa shape index (κ2) is 4.92. The van der Waals surface area contributed by atoms with Crippen molar-refractivity contribution in [2.45, 2.75) is 19.4 Å². The van der Waals surface area contributed by atoms with E-state index in [0.29, 0.717) is 25.1 Å². The fourth-order valence-corrected chi connectivity index (χ4v) is 2.45. The lowest BCUT2D eigenvalue weighted by molar-refractivity contribution is -0.119. The van der Waals surface area contributed by atoms with Crippen molar-refractivity contribution in [2.75, 3.05) is 10.6 Å². The summed E-state index contributed by atoms with van der Waals surface area (Å²) in [6.07, 6.45) is 2.58. The van der Waals surface area contributed by atoms with E-state index in [4.69, 9.17) is 5.73 Å². The highest BCUT2D eigenvalue weighted by molar-refractivity contribution is 5.96. The van der Waals surface area contributed by atoms with E-state index in [0.717, 1.165) is 16.9 Å². The molecule has 0 unspecified atom stereocenters. The van der Waals surface area contributed by atoms with Gasteiger partial charge in [0.25, 0.3) is 0 Å². The summed E-state index contributed by atoms with van der Waals surface area (Å²) in [5.74, 6) is -0.256. The highest BCUT2D eigenvalue weighted by Gasteiger charge is 2.24. The summed E-state index contributed by atoms with van der Waals surface area (Å²) in [5, 5.41) is 0. The van der Waals surface area contributed by atoms with Gasteiger partial charge in [-0.15, -0.1) is 0 Å². The van der Waals surface area contributed by atoms with Crippen molar-refractivity contribution >= 4 is 17.3 Å². The summed E-state index contributed by atoms with van der Waals surface area (Å²) in [5.41, 5.74) is 8.66. The van der Waals surface area contributed by atoms with Crippen molar-refractivity contribution in [3.05, 3.63) is 53.6 Å². The summed E-state index contributed by atoms with van der Waals surface area (Å²) in [7, 11) is 0. The van der Waals surface area contributed by atoms with E-state index in [-0.39, 0.29) is 11.7 Å². The molecule has 1 aromatic carbocycles. The van der Waals surface area contributed by atoms with Crippen LogP contribution in [0.15, 0.2) is 36.5 Å². The minimum atomic E-state index is -0.278. The number of pyridine rings is 1. The van der Waals surface area contributed by atoms with E-state index in [1.807, 2.05) is 0 Å². The third-order valence-corrected chi connectivity index (χ3v) is 3.40. The molecule has 0 aliphatic carbocycles. The number of nitrogen functional groups attached to an aromatic ring is 1. The molecular formula is C15H14FN3O. The van der Waals surface area contributed by atoms with Crippen molar-refractivity contribution in [1.82, 2.24) is 4.98 Å². The topological polar surface area (TPSA) is 59.2 Å². The SMILES string of the molecule is Nc1ccnc(CN2C(=O)CCc3cc(F)ccc32)c1. The van der Waals surface area contributed by atoms with E-state index in [2.05, 4.69) is 4.98 Å². The zero-order chi connectivity index (χ0) is 14.1. The molecule has 3 rings (SSSR count). The van der Waals surface area contributed by atoms with Crippen LogP contribution in [0.3, 0.4) is 0 Å². The molecule has 0 spiro atoms. The Kier molecular flexibility index (Phi) is 3.10. The van der Waals surface area contributed by atoms with Crippen LogP contribution in [0.5, 0.6) is 0 Å². The number of nitrogens with zero attached hydrogens (tertiary/aromatic N) is 2. The first-order valence-corrected chi connectivity index (χ1v) is 6.43. The van der Waals surface area contributed by atoms with Crippen LogP contribution in [-0.2, 0) is 17.8 Å². The van der Waals surface area contributed by atoms with Gasteiger partial charge in [-0.25, -0.2) is 4.39 Å². The molecule has 0 bridgehead atoms. The molecule has 4 nitrogen and oxygen atoms in total.